The zero-order valence-corrected chi connectivity index (χ0v) is 13.5. The van der Waals surface area contributed by atoms with Crippen LogP contribution >= 0.6 is 23.4 Å². The molecule has 2 aromatic rings. The van der Waals surface area contributed by atoms with Crippen molar-refractivity contribution >= 4 is 23.4 Å². The lowest BCUT2D eigenvalue weighted by Crippen LogP contribution is -2.18. The van der Waals surface area contributed by atoms with E-state index in [1.807, 2.05) is 30.0 Å². The normalized spacial score (nSPS) is 12.3. The molecule has 0 aromatic heterocycles. The molecule has 3 heteroatoms. The van der Waals surface area contributed by atoms with Crippen LogP contribution in [0.15, 0.2) is 53.4 Å². The minimum atomic E-state index is 0.370. The highest BCUT2D eigenvalue weighted by molar-refractivity contribution is 7.98. The number of hydrogen-bond acceptors (Lipinski definition) is 2. The predicted molar refractivity (Wildman–Crippen MR) is 89.5 cm³/mol. The SMILES string of the molecule is CCNC(C)c1ccccc1SCc1ccccc1Cl. The van der Waals surface area contributed by atoms with Crippen molar-refractivity contribution in [1.82, 2.24) is 5.32 Å². The van der Waals surface area contributed by atoms with E-state index in [2.05, 4.69) is 49.5 Å². The Kier molecular flexibility index (Phi) is 5.96. The Morgan fingerprint density at radius 3 is 2.55 bits per heavy atom. The number of thioether (sulfide) groups is 1. The second kappa shape index (κ2) is 7.72. The highest BCUT2D eigenvalue weighted by Crippen LogP contribution is 2.31. The lowest BCUT2D eigenvalue weighted by Gasteiger charge is -2.17. The van der Waals surface area contributed by atoms with Crippen molar-refractivity contribution in [3.05, 3.63) is 64.7 Å². The largest absolute Gasteiger partial charge is 0.310 e. The van der Waals surface area contributed by atoms with Crippen molar-refractivity contribution in [3.8, 4) is 0 Å². The van der Waals surface area contributed by atoms with Crippen LogP contribution in [-0.4, -0.2) is 6.54 Å². The number of benzene rings is 2. The molecule has 0 aliphatic carbocycles. The lowest BCUT2D eigenvalue weighted by atomic mass is 10.1. The minimum absolute atomic E-state index is 0.370. The quantitative estimate of drug-likeness (QED) is 0.727. The Hall–Kier alpha value is -0.960. The highest BCUT2D eigenvalue weighted by Gasteiger charge is 2.10. The molecule has 0 radical (unpaired) electrons. The summed E-state index contributed by atoms with van der Waals surface area (Å²) < 4.78 is 0. The van der Waals surface area contributed by atoms with Gasteiger partial charge >= 0.3 is 0 Å². The zero-order chi connectivity index (χ0) is 14.4. The molecule has 0 amide bonds. The first-order chi connectivity index (χ1) is 9.72. The fourth-order valence-electron chi connectivity index (χ4n) is 2.16. The fourth-order valence-corrected chi connectivity index (χ4v) is 3.59. The maximum atomic E-state index is 6.22. The Balaban J connectivity index is 2.12. The molecule has 106 valence electrons. The van der Waals surface area contributed by atoms with Crippen molar-refractivity contribution in [2.24, 2.45) is 0 Å². The summed E-state index contributed by atoms with van der Waals surface area (Å²) in [5, 5.41) is 4.32. The molecule has 0 saturated carbocycles. The molecule has 2 aromatic carbocycles. The van der Waals surface area contributed by atoms with Gasteiger partial charge in [-0.25, -0.2) is 0 Å². The molecule has 2 rings (SSSR count). The first-order valence-electron chi connectivity index (χ1n) is 6.91. The summed E-state index contributed by atoms with van der Waals surface area (Å²) >= 11 is 8.06. The average molecular weight is 306 g/mol. The molecule has 0 fully saturated rings. The third-order valence-corrected chi connectivity index (χ3v) is 4.74. The maximum absolute atomic E-state index is 6.22. The first-order valence-corrected chi connectivity index (χ1v) is 8.27. The Morgan fingerprint density at radius 1 is 1.10 bits per heavy atom. The van der Waals surface area contributed by atoms with Gasteiger partial charge in [0.05, 0.1) is 0 Å². The second-order valence-corrected chi connectivity index (χ2v) is 6.12. The molecule has 1 N–H and O–H groups in total. The van der Waals surface area contributed by atoms with Gasteiger partial charge in [-0.05, 0) is 36.7 Å². The van der Waals surface area contributed by atoms with E-state index in [0.717, 1.165) is 17.3 Å². The highest BCUT2D eigenvalue weighted by atomic mass is 35.5. The lowest BCUT2D eigenvalue weighted by molar-refractivity contribution is 0.590. The van der Waals surface area contributed by atoms with Crippen LogP contribution in [0.1, 0.15) is 31.0 Å². The van der Waals surface area contributed by atoms with E-state index in [1.54, 1.807) is 0 Å². The topological polar surface area (TPSA) is 12.0 Å². The van der Waals surface area contributed by atoms with Crippen LogP contribution in [-0.2, 0) is 5.75 Å². The summed E-state index contributed by atoms with van der Waals surface area (Å²) in [6, 6.07) is 17.0. The molecule has 0 aliphatic rings. The van der Waals surface area contributed by atoms with Gasteiger partial charge in [-0.15, -0.1) is 11.8 Å². The maximum Gasteiger partial charge on any atom is 0.0446 e. The van der Waals surface area contributed by atoms with Gasteiger partial charge in [0, 0.05) is 21.7 Å². The fraction of sp³-hybridized carbons (Fsp3) is 0.294. The van der Waals surface area contributed by atoms with E-state index in [0.29, 0.717) is 6.04 Å². The van der Waals surface area contributed by atoms with Crippen LogP contribution < -0.4 is 5.32 Å². The Morgan fingerprint density at radius 2 is 1.80 bits per heavy atom. The van der Waals surface area contributed by atoms with E-state index in [4.69, 9.17) is 11.6 Å². The number of nitrogens with one attached hydrogen (secondary N) is 1. The van der Waals surface area contributed by atoms with Crippen LogP contribution in [0.3, 0.4) is 0 Å². The molecule has 0 heterocycles. The molecule has 0 spiro atoms. The summed E-state index contributed by atoms with van der Waals surface area (Å²) in [6.45, 7) is 5.32. The predicted octanol–water partition coefficient (Wildman–Crippen LogP) is 5.30. The number of hydrogen-bond donors (Lipinski definition) is 1. The summed E-state index contributed by atoms with van der Waals surface area (Å²) in [7, 11) is 0. The van der Waals surface area contributed by atoms with Gasteiger partial charge in [-0.1, -0.05) is 54.9 Å². The van der Waals surface area contributed by atoms with E-state index < -0.39 is 0 Å². The summed E-state index contributed by atoms with van der Waals surface area (Å²) in [5.74, 6) is 0.898. The summed E-state index contributed by atoms with van der Waals surface area (Å²) in [6.07, 6.45) is 0. The Labute approximate surface area is 130 Å². The van der Waals surface area contributed by atoms with Crippen LogP contribution in [0.4, 0.5) is 0 Å². The second-order valence-electron chi connectivity index (χ2n) is 4.70. The minimum Gasteiger partial charge on any atom is -0.310 e. The molecular formula is C17H20ClNS. The molecule has 0 saturated heterocycles. The smallest absolute Gasteiger partial charge is 0.0446 e. The summed E-state index contributed by atoms with van der Waals surface area (Å²) in [4.78, 5) is 1.32. The van der Waals surface area contributed by atoms with Crippen LogP contribution in [0.5, 0.6) is 0 Å². The molecule has 1 atom stereocenters. The van der Waals surface area contributed by atoms with Crippen molar-refractivity contribution in [2.75, 3.05) is 6.54 Å². The molecule has 0 aliphatic heterocycles. The third-order valence-electron chi connectivity index (χ3n) is 3.24. The van der Waals surface area contributed by atoms with Gasteiger partial charge in [0.25, 0.3) is 0 Å². The van der Waals surface area contributed by atoms with Gasteiger partial charge in [0.15, 0.2) is 0 Å². The zero-order valence-electron chi connectivity index (χ0n) is 11.9. The standard InChI is InChI=1S/C17H20ClNS/c1-3-19-13(2)15-9-5-7-11-17(15)20-12-14-8-4-6-10-16(14)18/h4-11,13,19H,3,12H2,1-2H3. The Bertz CT molecular complexity index is 556. The number of rotatable bonds is 6. The third kappa shape index (κ3) is 4.02. The first kappa shape index (κ1) is 15.4. The molecule has 1 unspecified atom stereocenters. The molecule has 0 bridgehead atoms. The van der Waals surface area contributed by atoms with E-state index in [1.165, 1.54) is 16.0 Å². The van der Waals surface area contributed by atoms with Crippen molar-refractivity contribution in [3.63, 3.8) is 0 Å². The van der Waals surface area contributed by atoms with Crippen molar-refractivity contribution in [1.29, 1.82) is 0 Å². The average Bonchev–Trinajstić information content (AvgIpc) is 2.47. The van der Waals surface area contributed by atoms with E-state index in [-0.39, 0.29) is 0 Å². The van der Waals surface area contributed by atoms with Gasteiger partial charge in [0.2, 0.25) is 0 Å². The van der Waals surface area contributed by atoms with Crippen LogP contribution in [0, 0.1) is 0 Å². The molecule has 1 nitrogen and oxygen atoms in total. The van der Waals surface area contributed by atoms with Crippen LogP contribution in [0.25, 0.3) is 0 Å². The molecular weight excluding hydrogens is 286 g/mol. The number of halogens is 1. The monoisotopic (exact) mass is 305 g/mol. The van der Waals surface area contributed by atoms with Crippen LogP contribution in [0.2, 0.25) is 5.02 Å². The summed E-state index contributed by atoms with van der Waals surface area (Å²) in [5.41, 5.74) is 2.54. The van der Waals surface area contributed by atoms with Gasteiger partial charge in [-0.3, -0.25) is 0 Å². The van der Waals surface area contributed by atoms with Gasteiger partial charge in [0.1, 0.15) is 0 Å². The van der Waals surface area contributed by atoms with E-state index >= 15 is 0 Å². The van der Waals surface area contributed by atoms with Crippen molar-refractivity contribution < 1.29 is 0 Å². The van der Waals surface area contributed by atoms with Gasteiger partial charge < -0.3 is 5.32 Å². The van der Waals surface area contributed by atoms with Crippen molar-refractivity contribution in [2.45, 2.75) is 30.5 Å². The van der Waals surface area contributed by atoms with Gasteiger partial charge in [-0.2, -0.15) is 0 Å². The molecule has 20 heavy (non-hydrogen) atoms. The van der Waals surface area contributed by atoms with E-state index in [9.17, 15) is 0 Å².